The van der Waals surface area contributed by atoms with Crippen molar-refractivity contribution in [2.45, 2.75) is 57.2 Å². The molecule has 1 aliphatic heterocycles. The summed E-state index contributed by atoms with van der Waals surface area (Å²) in [6.45, 7) is 6.44. The van der Waals surface area contributed by atoms with Gasteiger partial charge in [-0.3, -0.25) is 0 Å². The summed E-state index contributed by atoms with van der Waals surface area (Å²) < 4.78 is 0. The third kappa shape index (κ3) is 5.03. The van der Waals surface area contributed by atoms with E-state index < -0.39 is 5.60 Å². The molecule has 0 aromatic carbocycles. The van der Waals surface area contributed by atoms with Crippen molar-refractivity contribution < 1.29 is 10.2 Å². The predicted octanol–water partition coefficient (Wildman–Crippen LogP) is 0.974. The zero-order chi connectivity index (χ0) is 13.7. The van der Waals surface area contributed by atoms with Gasteiger partial charge in [0.25, 0.3) is 0 Å². The summed E-state index contributed by atoms with van der Waals surface area (Å²) in [7, 11) is 0. The van der Waals surface area contributed by atoms with Crippen LogP contribution in [0.3, 0.4) is 0 Å². The first-order valence-electron chi connectivity index (χ1n) is 7.91. The first kappa shape index (κ1) is 15.2. The van der Waals surface area contributed by atoms with Gasteiger partial charge in [0.1, 0.15) is 0 Å². The first-order valence-corrected chi connectivity index (χ1v) is 7.91. The van der Waals surface area contributed by atoms with E-state index in [1.807, 2.05) is 0 Å². The zero-order valence-corrected chi connectivity index (χ0v) is 12.3. The molecule has 2 aliphatic rings. The number of hydrogen-bond acceptors (Lipinski definition) is 4. The van der Waals surface area contributed by atoms with Crippen LogP contribution >= 0.6 is 0 Å². The Morgan fingerprint density at radius 2 is 2.05 bits per heavy atom. The summed E-state index contributed by atoms with van der Waals surface area (Å²) in [5.74, 6) is 0.620. The summed E-state index contributed by atoms with van der Waals surface area (Å²) in [6.07, 6.45) is 6.35. The standard InChI is InChI=1S/C15H30N2O2/c1-13-5-4-6-15(19,9-13)12-16-10-14(18)11-17-7-2-3-8-17/h13-14,16,18-19H,2-12H2,1H3. The minimum Gasteiger partial charge on any atom is -0.390 e. The van der Waals surface area contributed by atoms with Crippen molar-refractivity contribution in [3.63, 3.8) is 0 Å². The van der Waals surface area contributed by atoms with Crippen molar-refractivity contribution >= 4 is 0 Å². The second kappa shape index (κ2) is 7.02. The molecule has 1 saturated heterocycles. The molecule has 0 bridgehead atoms. The van der Waals surface area contributed by atoms with E-state index in [1.54, 1.807) is 0 Å². The number of likely N-dealkylation sites (tertiary alicyclic amines) is 1. The highest BCUT2D eigenvalue weighted by molar-refractivity contribution is 4.87. The maximum atomic E-state index is 10.5. The van der Waals surface area contributed by atoms with Crippen molar-refractivity contribution in [3.8, 4) is 0 Å². The number of rotatable bonds is 6. The van der Waals surface area contributed by atoms with Crippen LogP contribution in [0.25, 0.3) is 0 Å². The Kier molecular flexibility index (Phi) is 5.63. The van der Waals surface area contributed by atoms with Gasteiger partial charge >= 0.3 is 0 Å². The Morgan fingerprint density at radius 3 is 2.74 bits per heavy atom. The maximum absolute atomic E-state index is 10.5. The molecule has 3 atom stereocenters. The molecule has 2 rings (SSSR count). The number of aliphatic hydroxyl groups excluding tert-OH is 1. The lowest BCUT2D eigenvalue weighted by atomic mass is 9.79. The van der Waals surface area contributed by atoms with Crippen LogP contribution < -0.4 is 5.32 Å². The molecule has 2 fully saturated rings. The van der Waals surface area contributed by atoms with Crippen LogP contribution in [0.2, 0.25) is 0 Å². The molecule has 1 aliphatic carbocycles. The summed E-state index contributed by atoms with van der Waals surface area (Å²) in [6, 6.07) is 0. The fourth-order valence-corrected chi connectivity index (χ4v) is 3.59. The molecule has 0 aromatic heterocycles. The molecule has 0 aromatic rings. The summed E-state index contributed by atoms with van der Waals surface area (Å²) in [5, 5.41) is 23.7. The number of hydrogen-bond donors (Lipinski definition) is 3. The van der Waals surface area contributed by atoms with Gasteiger partial charge in [-0.05, 0) is 44.7 Å². The summed E-state index contributed by atoms with van der Waals surface area (Å²) in [4.78, 5) is 2.32. The number of β-amino-alcohol motifs (C(OH)–C–C–N with tert-alkyl or cyclic N) is 1. The van der Waals surface area contributed by atoms with E-state index in [-0.39, 0.29) is 6.10 Å². The molecule has 19 heavy (non-hydrogen) atoms. The normalized spacial score (nSPS) is 34.6. The second-order valence-electron chi connectivity index (χ2n) is 6.72. The topological polar surface area (TPSA) is 55.7 Å². The van der Waals surface area contributed by atoms with Crippen LogP contribution in [0.5, 0.6) is 0 Å². The minimum atomic E-state index is -0.551. The van der Waals surface area contributed by atoms with Gasteiger partial charge < -0.3 is 20.4 Å². The van der Waals surface area contributed by atoms with E-state index in [0.717, 1.165) is 38.9 Å². The number of nitrogens with one attached hydrogen (secondary N) is 1. The Bertz CT molecular complexity index is 269. The first-order chi connectivity index (χ1) is 9.07. The Hall–Kier alpha value is -0.160. The third-order valence-electron chi connectivity index (χ3n) is 4.57. The van der Waals surface area contributed by atoms with E-state index in [0.29, 0.717) is 19.0 Å². The molecule has 4 heteroatoms. The molecule has 0 amide bonds. The second-order valence-corrected chi connectivity index (χ2v) is 6.72. The van der Waals surface area contributed by atoms with Gasteiger partial charge in [-0.1, -0.05) is 19.8 Å². The van der Waals surface area contributed by atoms with Crippen LogP contribution in [0, 0.1) is 5.92 Å². The summed E-state index contributed by atoms with van der Waals surface area (Å²) >= 11 is 0. The molecule has 0 spiro atoms. The van der Waals surface area contributed by atoms with Gasteiger partial charge in [0.05, 0.1) is 11.7 Å². The number of aliphatic hydroxyl groups is 2. The lowest BCUT2D eigenvalue weighted by Crippen LogP contribution is -2.47. The van der Waals surface area contributed by atoms with Crippen LogP contribution in [0.1, 0.15) is 45.4 Å². The quantitative estimate of drug-likeness (QED) is 0.673. The minimum absolute atomic E-state index is 0.317. The van der Waals surface area contributed by atoms with Gasteiger partial charge in [-0.15, -0.1) is 0 Å². The monoisotopic (exact) mass is 270 g/mol. The Labute approximate surface area is 117 Å². The van der Waals surface area contributed by atoms with Gasteiger partial charge in [0.15, 0.2) is 0 Å². The molecule has 1 saturated carbocycles. The smallest absolute Gasteiger partial charge is 0.0791 e. The maximum Gasteiger partial charge on any atom is 0.0791 e. The van der Waals surface area contributed by atoms with Gasteiger partial charge in [0.2, 0.25) is 0 Å². The molecular weight excluding hydrogens is 240 g/mol. The van der Waals surface area contributed by atoms with Gasteiger partial charge in [-0.2, -0.15) is 0 Å². The molecule has 4 nitrogen and oxygen atoms in total. The molecule has 112 valence electrons. The average molecular weight is 270 g/mol. The zero-order valence-electron chi connectivity index (χ0n) is 12.3. The van der Waals surface area contributed by atoms with Crippen LogP contribution in [0.4, 0.5) is 0 Å². The van der Waals surface area contributed by atoms with Crippen molar-refractivity contribution in [1.82, 2.24) is 10.2 Å². The van der Waals surface area contributed by atoms with E-state index in [1.165, 1.54) is 19.3 Å². The van der Waals surface area contributed by atoms with Crippen LogP contribution in [-0.2, 0) is 0 Å². The highest BCUT2D eigenvalue weighted by Crippen LogP contribution is 2.31. The molecule has 0 radical (unpaired) electrons. The largest absolute Gasteiger partial charge is 0.390 e. The van der Waals surface area contributed by atoms with Crippen molar-refractivity contribution in [3.05, 3.63) is 0 Å². The van der Waals surface area contributed by atoms with Gasteiger partial charge in [-0.25, -0.2) is 0 Å². The lowest BCUT2D eigenvalue weighted by Gasteiger charge is -2.36. The molecule has 1 heterocycles. The van der Waals surface area contributed by atoms with E-state index in [9.17, 15) is 10.2 Å². The highest BCUT2D eigenvalue weighted by atomic mass is 16.3. The molecule has 3 unspecified atom stereocenters. The predicted molar refractivity (Wildman–Crippen MR) is 77.1 cm³/mol. The average Bonchev–Trinajstić information content (AvgIpc) is 2.81. The lowest BCUT2D eigenvalue weighted by molar-refractivity contribution is -0.0139. The number of nitrogens with zero attached hydrogens (tertiary/aromatic N) is 1. The van der Waals surface area contributed by atoms with Crippen molar-refractivity contribution in [2.24, 2.45) is 5.92 Å². The SMILES string of the molecule is CC1CCCC(O)(CNCC(O)CN2CCCC2)C1. The molecule has 3 N–H and O–H groups in total. The summed E-state index contributed by atoms with van der Waals surface area (Å²) in [5.41, 5.74) is -0.551. The van der Waals surface area contributed by atoms with E-state index in [4.69, 9.17) is 0 Å². The van der Waals surface area contributed by atoms with Crippen molar-refractivity contribution in [2.75, 3.05) is 32.7 Å². The van der Waals surface area contributed by atoms with Crippen LogP contribution in [0.15, 0.2) is 0 Å². The van der Waals surface area contributed by atoms with Crippen molar-refractivity contribution in [1.29, 1.82) is 0 Å². The van der Waals surface area contributed by atoms with E-state index >= 15 is 0 Å². The fraction of sp³-hybridized carbons (Fsp3) is 1.00. The van der Waals surface area contributed by atoms with Gasteiger partial charge in [0, 0.05) is 19.6 Å². The van der Waals surface area contributed by atoms with E-state index in [2.05, 4.69) is 17.1 Å². The Balaban J connectivity index is 1.62. The Morgan fingerprint density at radius 1 is 1.32 bits per heavy atom. The highest BCUT2D eigenvalue weighted by Gasteiger charge is 2.32. The molecular formula is C15H30N2O2. The third-order valence-corrected chi connectivity index (χ3v) is 4.57. The fourth-order valence-electron chi connectivity index (χ4n) is 3.59. The van der Waals surface area contributed by atoms with Crippen LogP contribution in [-0.4, -0.2) is 59.5 Å².